The Morgan fingerprint density at radius 2 is 1.62 bits per heavy atom. The number of unbranched alkanes of at least 4 members (excludes halogenated alkanes) is 5. The maximum Gasteiger partial charge on any atom is 0.167 e. The third-order valence-corrected chi connectivity index (χ3v) is 5.10. The zero-order valence-electron chi connectivity index (χ0n) is 14.9. The summed E-state index contributed by atoms with van der Waals surface area (Å²) >= 11 is 0. The molecule has 0 radical (unpaired) electrons. The van der Waals surface area contributed by atoms with Crippen LogP contribution >= 0.6 is 0 Å². The smallest absolute Gasteiger partial charge is 0.167 e. The van der Waals surface area contributed by atoms with Gasteiger partial charge in [-0.2, -0.15) is 0 Å². The molecule has 0 amide bonds. The largest absolute Gasteiger partial charge is 0.380 e. The average Bonchev–Trinajstić information content (AvgIpc) is 2.47. The Morgan fingerprint density at radius 1 is 1.05 bits per heavy atom. The Labute approximate surface area is 131 Å². The van der Waals surface area contributed by atoms with E-state index in [0.29, 0.717) is 11.3 Å². The standard InChI is InChI=1S/C18H36O3/c1-6-7-8-9-10-11-12-16(18(3,19-4)20-5)13-17(2)14-21-15-17/h16H,6-15H2,1-5H3. The van der Waals surface area contributed by atoms with Crippen LogP contribution in [0.2, 0.25) is 0 Å². The second-order valence-electron chi connectivity index (χ2n) is 7.19. The number of ether oxygens (including phenoxy) is 3. The molecule has 1 atom stereocenters. The minimum absolute atomic E-state index is 0.311. The molecule has 1 fully saturated rings. The van der Waals surface area contributed by atoms with E-state index in [0.717, 1.165) is 19.6 Å². The molecular formula is C18H36O3. The van der Waals surface area contributed by atoms with Crippen molar-refractivity contribution in [3.05, 3.63) is 0 Å². The van der Waals surface area contributed by atoms with E-state index in [2.05, 4.69) is 20.8 Å². The lowest BCUT2D eigenvalue weighted by Crippen LogP contribution is -2.47. The van der Waals surface area contributed by atoms with E-state index < -0.39 is 5.79 Å². The van der Waals surface area contributed by atoms with Crippen molar-refractivity contribution in [1.82, 2.24) is 0 Å². The van der Waals surface area contributed by atoms with Crippen molar-refractivity contribution in [1.29, 1.82) is 0 Å². The van der Waals surface area contributed by atoms with Crippen molar-refractivity contribution in [3.8, 4) is 0 Å². The van der Waals surface area contributed by atoms with Crippen molar-refractivity contribution in [2.45, 2.75) is 77.9 Å². The number of rotatable bonds is 12. The molecule has 0 aromatic rings. The highest BCUT2D eigenvalue weighted by molar-refractivity contribution is 4.87. The fraction of sp³-hybridized carbons (Fsp3) is 1.00. The third kappa shape index (κ3) is 5.88. The summed E-state index contributed by atoms with van der Waals surface area (Å²) in [5, 5.41) is 0. The third-order valence-electron chi connectivity index (χ3n) is 5.10. The summed E-state index contributed by atoms with van der Waals surface area (Å²) in [5.74, 6) is -0.0327. The van der Waals surface area contributed by atoms with Gasteiger partial charge in [-0.1, -0.05) is 52.4 Å². The first-order valence-electron chi connectivity index (χ1n) is 8.68. The zero-order chi connectivity index (χ0) is 15.8. The Balaban J connectivity index is 2.44. The maximum atomic E-state index is 5.70. The molecule has 0 spiro atoms. The highest BCUT2D eigenvalue weighted by Gasteiger charge is 2.42. The molecular weight excluding hydrogens is 264 g/mol. The molecule has 0 N–H and O–H groups in total. The van der Waals surface area contributed by atoms with Crippen LogP contribution < -0.4 is 0 Å². The van der Waals surface area contributed by atoms with E-state index >= 15 is 0 Å². The minimum Gasteiger partial charge on any atom is -0.380 e. The zero-order valence-corrected chi connectivity index (χ0v) is 14.9. The van der Waals surface area contributed by atoms with Gasteiger partial charge in [0.15, 0.2) is 5.79 Å². The summed E-state index contributed by atoms with van der Waals surface area (Å²) < 4.78 is 16.8. The van der Waals surface area contributed by atoms with E-state index in [-0.39, 0.29) is 0 Å². The van der Waals surface area contributed by atoms with Gasteiger partial charge < -0.3 is 14.2 Å². The monoisotopic (exact) mass is 300 g/mol. The van der Waals surface area contributed by atoms with E-state index in [1.807, 2.05) is 0 Å². The Hall–Kier alpha value is -0.120. The van der Waals surface area contributed by atoms with Crippen LogP contribution in [0, 0.1) is 11.3 Å². The van der Waals surface area contributed by atoms with Gasteiger partial charge in [-0.05, 0) is 19.8 Å². The molecule has 1 heterocycles. The molecule has 21 heavy (non-hydrogen) atoms. The molecule has 1 aliphatic rings. The predicted octanol–water partition coefficient (Wildman–Crippen LogP) is 4.79. The van der Waals surface area contributed by atoms with Crippen LogP contribution in [-0.4, -0.2) is 33.2 Å². The summed E-state index contributed by atoms with van der Waals surface area (Å²) in [6, 6.07) is 0. The van der Waals surface area contributed by atoms with E-state index in [1.54, 1.807) is 14.2 Å². The van der Waals surface area contributed by atoms with Gasteiger partial charge in [0.05, 0.1) is 13.2 Å². The van der Waals surface area contributed by atoms with Gasteiger partial charge in [-0.3, -0.25) is 0 Å². The normalized spacial score (nSPS) is 19.3. The Kier molecular flexibility index (Phi) is 8.22. The van der Waals surface area contributed by atoms with Crippen LogP contribution in [-0.2, 0) is 14.2 Å². The fourth-order valence-corrected chi connectivity index (χ4v) is 3.30. The van der Waals surface area contributed by atoms with Crippen LogP contribution in [0.5, 0.6) is 0 Å². The molecule has 0 saturated carbocycles. The topological polar surface area (TPSA) is 27.7 Å². The molecule has 126 valence electrons. The van der Waals surface area contributed by atoms with Crippen LogP contribution in [0.25, 0.3) is 0 Å². The summed E-state index contributed by atoms with van der Waals surface area (Å²) in [7, 11) is 3.52. The first-order chi connectivity index (χ1) is 9.99. The SMILES string of the molecule is CCCCCCCCC(CC1(C)COC1)C(C)(OC)OC. The van der Waals surface area contributed by atoms with Gasteiger partial charge in [-0.25, -0.2) is 0 Å². The van der Waals surface area contributed by atoms with E-state index in [1.165, 1.54) is 44.9 Å². The predicted molar refractivity (Wildman–Crippen MR) is 87.4 cm³/mol. The molecule has 1 unspecified atom stereocenters. The molecule has 3 heteroatoms. The molecule has 3 nitrogen and oxygen atoms in total. The van der Waals surface area contributed by atoms with Crippen molar-refractivity contribution in [3.63, 3.8) is 0 Å². The van der Waals surface area contributed by atoms with Crippen molar-refractivity contribution < 1.29 is 14.2 Å². The van der Waals surface area contributed by atoms with Gasteiger partial charge in [0.1, 0.15) is 0 Å². The minimum atomic E-state index is -0.470. The molecule has 1 saturated heterocycles. The second-order valence-corrected chi connectivity index (χ2v) is 7.19. The highest BCUT2D eigenvalue weighted by atomic mass is 16.7. The Bertz CT molecular complexity index is 270. The van der Waals surface area contributed by atoms with Gasteiger partial charge >= 0.3 is 0 Å². The molecule has 0 aromatic heterocycles. The van der Waals surface area contributed by atoms with Gasteiger partial charge in [0, 0.05) is 25.6 Å². The first-order valence-corrected chi connectivity index (χ1v) is 8.68. The van der Waals surface area contributed by atoms with Crippen molar-refractivity contribution in [2.75, 3.05) is 27.4 Å². The van der Waals surface area contributed by atoms with Gasteiger partial charge in [0.2, 0.25) is 0 Å². The van der Waals surface area contributed by atoms with E-state index in [9.17, 15) is 0 Å². The van der Waals surface area contributed by atoms with Crippen molar-refractivity contribution >= 4 is 0 Å². The lowest BCUT2D eigenvalue weighted by atomic mass is 9.75. The quantitative estimate of drug-likeness (QED) is 0.383. The van der Waals surface area contributed by atoms with Gasteiger partial charge in [-0.15, -0.1) is 0 Å². The van der Waals surface area contributed by atoms with Crippen LogP contribution in [0.3, 0.4) is 0 Å². The van der Waals surface area contributed by atoms with Crippen LogP contribution in [0.15, 0.2) is 0 Å². The maximum absolute atomic E-state index is 5.70. The highest BCUT2D eigenvalue weighted by Crippen LogP contribution is 2.41. The van der Waals surface area contributed by atoms with Crippen LogP contribution in [0.1, 0.15) is 72.1 Å². The molecule has 1 rings (SSSR count). The average molecular weight is 300 g/mol. The summed E-state index contributed by atoms with van der Waals surface area (Å²) in [5.41, 5.74) is 0.311. The molecule has 0 aromatic carbocycles. The first kappa shape index (κ1) is 18.9. The summed E-state index contributed by atoms with van der Waals surface area (Å²) in [6.45, 7) is 8.42. The summed E-state index contributed by atoms with van der Waals surface area (Å²) in [4.78, 5) is 0. The summed E-state index contributed by atoms with van der Waals surface area (Å²) in [6.07, 6.45) is 10.3. The lowest BCUT2D eigenvalue weighted by molar-refractivity contribution is -0.243. The second kappa shape index (κ2) is 9.12. The number of hydrogen-bond acceptors (Lipinski definition) is 3. The van der Waals surface area contributed by atoms with Crippen LogP contribution in [0.4, 0.5) is 0 Å². The van der Waals surface area contributed by atoms with Crippen molar-refractivity contribution in [2.24, 2.45) is 11.3 Å². The fourth-order valence-electron chi connectivity index (χ4n) is 3.30. The number of hydrogen-bond donors (Lipinski definition) is 0. The lowest BCUT2D eigenvalue weighted by Gasteiger charge is -2.45. The number of methoxy groups -OCH3 is 2. The molecule has 0 bridgehead atoms. The van der Waals surface area contributed by atoms with E-state index in [4.69, 9.17) is 14.2 Å². The van der Waals surface area contributed by atoms with Gasteiger partial charge in [0.25, 0.3) is 0 Å². The molecule has 1 aliphatic heterocycles. The molecule has 0 aliphatic carbocycles. The Morgan fingerprint density at radius 3 is 2.10 bits per heavy atom.